The third-order valence-electron chi connectivity index (χ3n) is 10.0. The highest BCUT2D eigenvalue weighted by Crippen LogP contribution is 2.11. The average Bonchev–Trinajstić information content (AvgIpc) is 3.22. The van der Waals surface area contributed by atoms with Crippen LogP contribution in [0.1, 0.15) is 252 Å². The van der Waals surface area contributed by atoms with Crippen molar-refractivity contribution in [2.75, 3.05) is 0 Å². The van der Waals surface area contributed by atoms with Gasteiger partial charge in [-0.1, -0.05) is 190 Å². The molecule has 6 heteroatoms. The first-order chi connectivity index (χ1) is 29.3. The summed E-state index contributed by atoms with van der Waals surface area (Å²) < 4.78 is 0. The first kappa shape index (κ1) is 61.2. The maximum absolute atomic E-state index is 10.3. The fraction of sp³-hybridized carbons (Fsp3) is 0.722. The lowest BCUT2D eigenvalue weighted by molar-refractivity contribution is -0.138. The predicted octanol–water partition coefficient (Wildman–Crippen LogP) is 17.7. The predicted molar refractivity (Wildman–Crippen MR) is 261 cm³/mol. The van der Waals surface area contributed by atoms with Gasteiger partial charge in [-0.25, -0.2) is 0 Å². The molecule has 0 unspecified atom stereocenters. The minimum absolute atomic E-state index is 0.290. The molecule has 0 aliphatic heterocycles. The molecule has 0 aliphatic rings. The molecule has 0 aromatic carbocycles. The molecule has 6 nitrogen and oxygen atoms in total. The molecule has 0 aromatic heterocycles. The maximum Gasteiger partial charge on any atom is 0.303 e. The summed E-state index contributed by atoms with van der Waals surface area (Å²) in [7, 11) is 0. The highest BCUT2D eigenvalue weighted by molar-refractivity contribution is 5.67. The van der Waals surface area contributed by atoms with Crippen molar-refractivity contribution in [2.45, 2.75) is 252 Å². The number of carboxylic acids is 3. The smallest absolute Gasteiger partial charge is 0.303 e. The lowest BCUT2D eigenvalue weighted by Crippen LogP contribution is -1.93. The Hall–Kier alpha value is -3.15. The third kappa shape index (κ3) is 69.5. The topological polar surface area (TPSA) is 112 Å². The summed E-state index contributed by atoms with van der Waals surface area (Å²) in [5, 5.41) is 25.5. The van der Waals surface area contributed by atoms with Crippen molar-refractivity contribution in [1.82, 2.24) is 0 Å². The summed E-state index contributed by atoms with van der Waals surface area (Å²) >= 11 is 0. The Kier molecular flexibility index (Phi) is 59.1. The molecular weight excluding hydrogens is 745 g/mol. The molecule has 0 rings (SSSR count). The van der Waals surface area contributed by atoms with Gasteiger partial charge >= 0.3 is 17.9 Å². The molecule has 0 bridgehead atoms. The van der Waals surface area contributed by atoms with Crippen LogP contribution < -0.4 is 0 Å². The molecule has 0 atom stereocenters. The molecule has 0 spiro atoms. The minimum Gasteiger partial charge on any atom is -0.481 e. The summed E-state index contributed by atoms with van der Waals surface area (Å²) in [5.41, 5.74) is 0. The van der Waals surface area contributed by atoms with Crippen molar-refractivity contribution in [3.05, 3.63) is 72.9 Å². The van der Waals surface area contributed by atoms with E-state index in [-0.39, 0.29) is 0 Å². The van der Waals surface area contributed by atoms with E-state index in [0.29, 0.717) is 19.3 Å². The van der Waals surface area contributed by atoms with Gasteiger partial charge in [0.05, 0.1) is 0 Å². The molecule has 0 fully saturated rings. The van der Waals surface area contributed by atoms with Gasteiger partial charge in [0.1, 0.15) is 0 Å². The Balaban J connectivity index is -0.000000812. The number of aliphatic carboxylic acids is 3. The first-order valence-corrected chi connectivity index (χ1v) is 24.9. The molecule has 0 amide bonds. The number of carboxylic acid groups (broad SMARTS) is 3. The SMILES string of the molecule is CCCCC/C=C\C/C=C\C/C=C\CCCCC(=O)O.CCCCC/C=C\C/C=C\CCCCCCCC(=O)O.CCCCCCCC/C=C\CCCCCCCC(=O)O. The Morgan fingerprint density at radius 3 is 0.750 bits per heavy atom. The number of hydrogen-bond acceptors (Lipinski definition) is 3. The van der Waals surface area contributed by atoms with Crippen LogP contribution in [0.3, 0.4) is 0 Å². The van der Waals surface area contributed by atoms with E-state index in [0.717, 1.165) is 70.6 Å². The summed E-state index contributed by atoms with van der Waals surface area (Å²) in [6, 6.07) is 0. The van der Waals surface area contributed by atoms with E-state index < -0.39 is 17.9 Å². The van der Waals surface area contributed by atoms with Crippen LogP contribution in [0, 0.1) is 0 Å². The second-order valence-corrected chi connectivity index (χ2v) is 16.1. The fourth-order valence-corrected chi connectivity index (χ4v) is 6.26. The number of unbranched alkanes of at least 4 members (excludes halogenated alkanes) is 24. The van der Waals surface area contributed by atoms with Gasteiger partial charge in [0.2, 0.25) is 0 Å². The number of allylic oxidation sites excluding steroid dienone is 12. The molecule has 0 aromatic rings. The molecule has 60 heavy (non-hydrogen) atoms. The van der Waals surface area contributed by atoms with E-state index in [9.17, 15) is 14.4 Å². The van der Waals surface area contributed by atoms with E-state index in [1.165, 1.54) is 141 Å². The fourth-order valence-electron chi connectivity index (χ4n) is 6.26. The van der Waals surface area contributed by atoms with Crippen LogP contribution in [0.2, 0.25) is 0 Å². The standard InChI is InChI=1S/C18H34O2.C18H32O2.C18H30O2/c3*1-2-3-4-5-6-7-8-9-10-11-12-13-14-15-16-17-18(19)20/h9-10H,2-8,11-17H2,1H3,(H,19,20);6-7,9-10H,2-5,8,11-17H2,1H3,(H,19,20);6-7,9-10,12-13H,2-5,8,11,14-17H2,1H3,(H,19,20)/b10-9-;7-6-,10-9-;7-6-,10-9-,13-12-. The van der Waals surface area contributed by atoms with Gasteiger partial charge in [-0.15, -0.1) is 0 Å². The van der Waals surface area contributed by atoms with Crippen LogP contribution in [-0.4, -0.2) is 33.2 Å². The van der Waals surface area contributed by atoms with E-state index in [4.69, 9.17) is 15.3 Å². The molecule has 0 saturated carbocycles. The Morgan fingerprint density at radius 1 is 0.267 bits per heavy atom. The molecule has 0 saturated heterocycles. The van der Waals surface area contributed by atoms with Crippen LogP contribution in [0.25, 0.3) is 0 Å². The average molecular weight is 841 g/mol. The van der Waals surface area contributed by atoms with Crippen molar-refractivity contribution < 1.29 is 29.7 Å². The first-order valence-electron chi connectivity index (χ1n) is 24.9. The van der Waals surface area contributed by atoms with E-state index >= 15 is 0 Å². The maximum atomic E-state index is 10.3. The molecule has 0 radical (unpaired) electrons. The van der Waals surface area contributed by atoms with Crippen LogP contribution in [-0.2, 0) is 14.4 Å². The lowest BCUT2D eigenvalue weighted by atomic mass is 10.1. The van der Waals surface area contributed by atoms with Crippen LogP contribution in [0.4, 0.5) is 0 Å². The molecule has 3 N–H and O–H groups in total. The van der Waals surface area contributed by atoms with Crippen molar-refractivity contribution >= 4 is 17.9 Å². The van der Waals surface area contributed by atoms with Gasteiger partial charge in [0.25, 0.3) is 0 Å². The molecule has 0 aliphatic carbocycles. The largest absolute Gasteiger partial charge is 0.481 e. The zero-order chi connectivity index (χ0) is 44.7. The normalized spacial score (nSPS) is 11.7. The quantitative estimate of drug-likeness (QED) is 0.0417. The summed E-state index contributed by atoms with van der Waals surface area (Å²) in [4.78, 5) is 30.9. The Labute approximate surface area is 371 Å². The van der Waals surface area contributed by atoms with E-state index in [1.54, 1.807) is 0 Å². The van der Waals surface area contributed by atoms with Crippen molar-refractivity contribution in [1.29, 1.82) is 0 Å². The van der Waals surface area contributed by atoms with E-state index in [2.05, 4.69) is 93.7 Å². The molecule has 0 heterocycles. The lowest BCUT2D eigenvalue weighted by Gasteiger charge is -1.99. The Bertz CT molecular complexity index is 1070. The van der Waals surface area contributed by atoms with Gasteiger partial charge in [-0.05, 0) is 116 Å². The zero-order valence-electron chi connectivity index (χ0n) is 39.5. The third-order valence-corrected chi connectivity index (χ3v) is 10.0. The van der Waals surface area contributed by atoms with Crippen molar-refractivity contribution in [2.24, 2.45) is 0 Å². The minimum atomic E-state index is -0.695. The zero-order valence-corrected chi connectivity index (χ0v) is 39.5. The number of carbonyl (C=O) groups is 3. The summed E-state index contributed by atoms with van der Waals surface area (Å²) in [5.74, 6) is -2.03. The second-order valence-electron chi connectivity index (χ2n) is 16.1. The van der Waals surface area contributed by atoms with Gasteiger partial charge in [-0.2, -0.15) is 0 Å². The number of rotatable bonds is 42. The van der Waals surface area contributed by atoms with E-state index in [1.807, 2.05) is 0 Å². The van der Waals surface area contributed by atoms with Gasteiger partial charge in [-0.3, -0.25) is 14.4 Å². The molecular formula is C54H96O6. The van der Waals surface area contributed by atoms with Crippen LogP contribution >= 0.6 is 0 Å². The van der Waals surface area contributed by atoms with Crippen LogP contribution in [0.15, 0.2) is 72.9 Å². The highest BCUT2D eigenvalue weighted by Gasteiger charge is 1.97. The van der Waals surface area contributed by atoms with Gasteiger partial charge in [0, 0.05) is 19.3 Å². The summed E-state index contributed by atoms with van der Waals surface area (Å²) in [6.07, 6.45) is 66.9. The summed E-state index contributed by atoms with van der Waals surface area (Å²) in [6.45, 7) is 6.72. The Morgan fingerprint density at radius 2 is 0.450 bits per heavy atom. The van der Waals surface area contributed by atoms with Gasteiger partial charge < -0.3 is 15.3 Å². The number of hydrogen-bond donors (Lipinski definition) is 3. The van der Waals surface area contributed by atoms with Crippen LogP contribution in [0.5, 0.6) is 0 Å². The highest BCUT2D eigenvalue weighted by atomic mass is 16.4. The van der Waals surface area contributed by atoms with Gasteiger partial charge in [0.15, 0.2) is 0 Å². The molecule has 348 valence electrons. The monoisotopic (exact) mass is 841 g/mol. The second kappa shape index (κ2) is 57.9. The van der Waals surface area contributed by atoms with Crippen molar-refractivity contribution in [3.8, 4) is 0 Å². The van der Waals surface area contributed by atoms with Crippen molar-refractivity contribution in [3.63, 3.8) is 0 Å².